The summed E-state index contributed by atoms with van der Waals surface area (Å²) >= 11 is 0. The van der Waals surface area contributed by atoms with E-state index in [0.717, 1.165) is 46.3 Å². The molecule has 3 rings (SSSR count). The van der Waals surface area contributed by atoms with Gasteiger partial charge in [-0.25, -0.2) is 17.2 Å². The number of amides is 1. The average molecular weight is 430 g/mol. The molecule has 1 atom stereocenters. The van der Waals surface area contributed by atoms with Crippen LogP contribution in [0.15, 0.2) is 83.8 Å². The van der Waals surface area contributed by atoms with Crippen molar-refractivity contribution in [3.05, 3.63) is 96.1 Å². The van der Waals surface area contributed by atoms with Gasteiger partial charge in [-0.1, -0.05) is 30.3 Å². The van der Waals surface area contributed by atoms with Gasteiger partial charge in [-0.3, -0.25) is 9.10 Å². The van der Waals surface area contributed by atoms with Crippen molar-refractivity contribution in [2.24, 2.45) is 0 Å². The highest BCUT2D eigenvalue weighted by atomic mass is 32.2. The topological polar surface area (TPSA) is 66.5 Å². The maximum atomic E-state index is 13.3. The fraction of sp³-hybridized carbons (Fsp3) is 0.136. The van der Waals surface area contributed by atoms with Gasteiger partial charge >= 0.3 is 0 Å². The molecule has 0 aliphatic carbocycles. The molecule has 5 nitrogen and oxygen atoms in total. The van der Waals surface area contributed by atoms with Crippen LogP contribution in [0, 0.1) is 11.6 Å². The Labute approximate surface area is 174 Å². The number of nitrogens with zero attached hydrogens (tertiary/aromatic N) is 1. The first-order chi connectivity index (χ1) is 14.3. The van der Waals surface area contributed by atoms with E-state index < -0.39 is 34.1 Å². The number of rotatable bonds is 7. The number of benzene rings is 3. The smallest absolute Gasteiger partial charge is 0.264 e. The van der Waals surface area contributed by atoms with E-state index in [1.165, 1.54) is 12.1 Å². The predicted octanol–water partition coefficient (Wildman–Crippen LogP) is 4.04. The Kier molecular flexibility index (Phi) is 6.47. The van der Waals surface area contributed by atoms with Gasteiger partial charge in [-0.15, -0.1) is 0 Å². The average Bonchev–Trinajstić information content (AvgIpc) is 2.73. The summed E-state index contributed by atoms with van der Waals surface area (Å²) in [6, 6.07) is 17.9. The van der Waals surface area contributed by atoms with Gasteiger partial charge in [0.2, 0.25) is 5.91 Å². The first-order valence-electron chi connectivity index (χ1n) is 9.15. The van der Waals surface area contributed by atoms with Crippen LogP contribution in [-0.2, 0) is 14.8 Å². The van der Waals surface area contributed by atoms with Crippen LogP contribution in [0.4, 0.5) is 14.5 Å². The number of hydrogen-bond donors (Lipinski definition) is 1. The molecule has 1 amide bonds. The Morgan fingerprint density at radius 3 is 2.00 bits per heavy atom. The van der Waals surface area contributed by atoms with E-state index >= 15 is 0 Å². The summed E-state index contributed by atoms with van der Waals surface area (Å²) in [5.74, 6) is -1.67. The Morgan fingerprint density at radius 1 is 0.900 bits per heavy atom. The molecule has 0 bridgehead atoms. The Balaban J connectivity index is 1.89. The summed E-state index contributed by atoms with van der Waals surface area (Å²) in [5, 5.41) is 2.76. The largest absolute Gasteiger partial charge is 0.348 e. The van der Waals surface area contributed by atoms with Crippen LogP contribution >= 0.6 is 0 Å². The zero-order valence-corrected chi connectivity index (χ0v) is 16.9. The Morgan fingerprint density at radius 2 is 1.43 bits per heavy atom. The van der Waals surface area contributed by atoms with Crippen LogP contribution in [0.2, 0.25) is 0 Å². The highest BCUT2D eigenvalue weighted by molar-refractivity contribution is 7.92. The molecule has 0 spiro atoms. The molecule has 0 saturated heterocycles. The van der Waals surface area contributed by atoms with Gasteiger partial charge in [-0.05, 0) is 61.0 Å². The van der Waals surface area contributed by atoms with E-state index in [1.807, 2.05) is 30.3 Å². The van der Waals surface area contributed by atoms with Gasteiger partial charge in [0.1, 0.15) is 18.2 Å². The molecule has 8 heteroatoms. The maximum absolute atomic E-state index is 13.3. The molecular weight excluding hydrogens is 410 g/mol. The van der Waals surface area contributed by atoms with Gasteiger partial charge in [0, 0.05) is 0 Å². The third-order valence-electron chi connectivity index (χ3n) is 4.48. The number of carbonyl (C=O) groups excluding carboxylic acids is 1. The number of hydrogen-bond acceptors (Lipinski definition) is 3. The van der Waals surface area contributed by atoms with Gasteiger partial charge in [0.25, 0.3) is 10.0 Å². The zero-order chi connectivity index (χ0) is 21.7. The molecule has 1 N–H and O–H groups in total. The van der Waals surface area contributed by atoms with Gasteiger partial charge in [0.15, 0.2) is 0 Å². The molecule has 0 aromatic heterocycles. The summed E-state index contributed by atoms with van der Waals surface area (Å²) in [6.07, 6.45) is 0. The van der Waals surface area contributed by atoms with Gasteiger partial charge in [-0.2, -0.15) is 0 Å². The second kappa shape index (κ2) is 9.04. The van der Waals surface area contributed by atoms with Crippen LogP contribution in [-0.4, -0.2) is 20.9 Å². The molecule has 0 saturated carbocycles. The number of halogens is 2. The molecule has 3 aromatic rings. The van der Waals surface area contributed by atoms with Crippen molar-refractivity contribution in [3.8, 4) is 0 Å². The lowest BCUT2D eigenvalue weighted by Crippen LogP contribution is -2.41. The summed E-state index contributed by atoms with van der Waals surface area (Å²) in [6.45, 7) is 1.26. The molecule has 0 heterocycles. The van der Waals surface area contributed by atoms with E-state index in [-0.39, 0.29) is 16.6 Å². The quantitative estimate of drug-likeness (QED) is 0.615. The molecule has 156 valence electrons. The lowest BCUT2D eigenvalue weighted by atomic mass is 10.1. The van der Waals surface area contributed by atoms with Crippen molar-refractivity contribution < 1.29 is 22.0 Å². The van der Waals surface area contributed by atoms with E-state index in [9.17, 15) is 22.0 Å². The van der Waals surface area contributed by atoms with Crippen LogP contribution in [0.3, 0.4) is 0 Å². The molecule has 0 radical (unpaired) electrons. The third kappa shape index (κ3) is 5.01. The summed E-state index contributed by atoms with van der Waals surface area (Å²) < 4.78 is 53.8. The van der Waals surface area contributed by atoms with Crippen LogP contribution < -0.4 is 9.62 Å². The monoisotopic (exact) mass is 430 g/mol. The molecule has 30 heavy (non-hydrogen) atoms. The van der Waals surface area contributed by atoms with Crippen molar-refractivity contribution >= 4 is 21.6 Å². The highest BCUT2D eigenvalue weighted by Crippen LogP contribution is 2.24. The number of sulfonamides is 1. The van der Waals surface area contributed by atoms with E-state index in [1.54, 1.807) is 6.92 Å². The fourth-order valence-corrected chi connectivity index (χ4v) is 4.32. The second-order valence-corrected chi connectivity index (χ2v) is 8.50. The van der Waals surface area contributed by atoms with Gasteiger partial charge < -0.3 is 5.32 Å². The van der Waals surface area contributed by atoms with Crippen LogP contribution in [0.5, 0.6) is 0 Å². The van der Waals surface area contributed by atoms with Crippen molar-refractivity contribution in [1.29, 1.82) is 0 Å². The molecule has 3 aromatic carbocycles. The van der Waals surface area contributed by atoms with Crippen LogP contribution in [0.1, 0.15) is 18.5 Å². The SMILES string of the molecule is CC(NC(=O)CN(c1ccc(F)cc1)S(=O)(=O)c1ccc(F)cc1)c1ccccc1. The van der Waals surface area contributed by atoms with Crippen LogP contribution in [0.25, 0.3) is 0 Å². The molecular formula is C22H20F2N2O3S. The normalized spacial score (nSPS) is 12.2. The van der Waals surface area contributed by atoms with Crippen molar-refractivity contribution in [3.63, 3.8) is 0 Å². The molecule has 0 aliphatic heterocycles. The second-order valence-electron chi connectivity index (χ2n) is 6.64. The summed E-state index contributed by atoms with van der Waals surface area (Å²) in [7, 11) is -4.20. The van der Waals surface area contributed by atoms with Gasteiger partial charge in [0.05, 0.1) is 16.6 Å². The predicted molar refractivity (Wildman–Crippen MR) is 110 cm³/mol. The summed E-state index contributed by atoms with van der Waals surface area (Å²) in [4.78, 5) is 12.5. The number of carbonyl (C=O) groups is 1. The lowest BCUT2D eigenvalue weighted by molar-refractivity contribution is -0.120. The Hall–Kier alpha value is -3.26. The van der Waals surface area contributed by atoms with E-state index in [4.69, 9.17) is 0 Å². The molecule has 0 aliphatic rings. The zero-order valence-electron chi connectivity index (χ0n) is 16.1. The first-order valence-corrected chi connectivity index (χ1v) is 10.6. The minimum atomic E-state index is -4.20. The van der Waals surface area contributed by atoms with Crippen molar-refractivity contribution in [2.45, 2.75) is 17.9 Å². The fourth-order valence-electron chi connectivity index (χ4n) is 2.90. The standard InChI is InChI=1S/C22H20F2N2O3S/c1-16(17-5-3-2-4-6-17)25-22(27)15-26(20-11-7-18(23)8-12-20)30(28,29)21-13-9-19(24)10-14-21/h2-14,16H,15H2,1H3,(H,25,27). The maximum Gasteiger partial charge on any atom is 0.264 e. The highest BCUT2D eigenvalue weighted by Gasteiger charge is 2.27. The number of nitrogens with one attached hydrogen (secondary N) is 1. The molecule has 0 fully saturated rings. The minimum absolute atomic E-state index is 0.114. The minimum Gasteiger partial charge on any atom is -0.348 e. The van der Waals surface area contributed by atoms with E-state index in [2.05, 4.69) is 5.32 Å². The lowest BCUT2D eigenvalue weighted by Gasteiger charge is -2.25. The third-order valence-corrected chi connectivity index (χ3v) is 6.27. The number of anilines is 1. The van der Waals surface area contributed by atoms with Crippen molar-refractivity contribution in [1.82, 2.24) is 5.32 Å². The van der Waals surface area contributed by atoms with E-state index in [0.29, 0.717) is 0 Å². The molecule has 1 unspecified atom stereocenters. The Bertz CT molecular complexity index is 1100. The summed E-state index contributed by atoms with van der Waals surface area (Å²) in [5.41, 5.74) is 0.976. The van der Waals surface area contributed by atoms with Crippen molar-refractivity contribution in [2.75, 3.05) is 10.8 Å². The first kappa shape index (κ1) is 21.4.